The van der Waals surface area contributed by atoms with E-state index in [-0.39, 0.29) is 0 Å². The molecular weight excluding hydrogens is 278 g/mol. The van der Waals surface area contributed by atoms with Crippen molar-refractivity contribution >= 4 is 11.9 Å². The van der Waals surface area contributed by atoms with Gasteiger partial charge in [0.2, 0.25) is 5.95 Å². The third-order valence-electron chi connectivity index (χ3n) is 4.26. The lowest BCUT2D eigenvalue weighted by Gasteiger charge is -2.25. The van der Waals surface area contributed by atoms with Gasteiger partial charge in [-0.25, -0.2) is 9.97 Å². The first-order valence-corrected chi connectivity index (χ1v) is 7.37. The van der Waals surface area contributed by atoms with Crippen LogP contribution in [0, 0.1) is 13.8 Å². The molecule has 0 bridgehead atoms. The highest BCUT2D eigenvalue weighted by atomic mass is 16.4. The van der Waals surface area contributed by atoms with Crippen molar-refractivity contribution in [3.63, 3.8) is 0 Å². The summed E-state index contributed by atoms with van der Waals surface area (Å²) < 4.78 is 0. The molecule has 0 radical (unpaired) electrons. The Morgan fingerprint density at radius 2 is 1.82 bits per heavy atom. The van der Waals surface area contributed by atoms with Crippen molar-refractivity contribution in [3.8, 4) is 0 Å². The Bertz CT molecular complexity index is 682. The summed E-state index contributed by atoms with van der Waals surface area (Å²) in [7, 11) is 0. The summed E-state index contributed by atoms with van der Waals surface area (Å²) in [6.45, 7) is 4.89. The van der Waals surface area contributed by atoms with E-state index in [0.717, 1.165) is 17.0 Å². The second-order valence-corrected chi connectivity index (χ2v) is 5.88. The van der Waals surface area contributed by atoms with Crippen molar-refractivity contribution in [2.45, 2.75) is 25.7 Å². The molecule has 0 saturated carbocycles. The van der Waals surface area contributed by atoms with E-state index in [1.807, 2.05) is 55.1 Å². The van der Waals surface area contributed by atoms with Crippen LogP contribution in [0.25, 0.3) is 0 Å². The number of aromatic nitrogens is 2. The number of hydrogen-bond donors (Lipinski definition) is 1. The molecule has 2 aromatic rings. The molecule has 1 aliphatic rings. The zero-order valence-electron chi connectivity index (χ0n) is 12.8. The number of rotatable bonds is 3. The van der Waals surface area contributed by atoms with E-state index >= 15 is 0 Å². The van der Waals surface area contributed by atoms with E-state index < -0.39 is 11.4 Å². The number of hydrogen-bond acceptors (Lipinski definition) is 4. The largest absolute Gasteiger partial charge is 0.481 e. The predicted octanol–water partition coefficient (Wildman–Crippen LogP) is 2.33. The van der Waals surface area contributed by atoms with E-state index in [9.17, 15) is 9.90 Å². The van der Waals surface area contributed by atoms with Gasteiger partial charge in [0.1, 0.15) is 5.41 Å². The van der Waals surface area contributed by atoms with Gasteiger partial charge in [-0.2, -0.15) is 0 Å². The summed E-state index contributed by atoms with van der Waals surface area (Å²) in [5.74, 6) is -0.165. The molecule has 2 heterocycles. The van der Waals surface area contributed by atoms with Crippen molar-refractivity contribution in [2.75, 3.05) is 18.0 Å². The molecule has 1 aliphatic heterocycles. The van der Waals surface area contributed by atoms with Gasteiger partial charge in [0.05, 0.1) is 0 Å². The highest BCUT2D eigenvalue weighted by molar-refractivity contribution is 5.83. The first-order valence-electron chi connectivity index (χ1n) is 7.37. The molecule has 1 aromatic heterocycles. The third-order valence-corrected chi connectivity index (χ3v) is 4.26. The summed E-state index contributed by atoms with van der Waals surface area (Å²) in [4.78, 5) is 22.9. The molecule has 1 saturated heterocycles. The van der Waals surface area contributed by atoms with E-state index in [1.165, 1.54) is 0 Å². The first-order chi connectivity index (χ1) is 10.5. The molecular formula is C17H19N3O2. The van der Waals surface area contributed by atoms with Crippen LogP contribution < -0.4 is 4.90 Å². The number of anilines is 1. The van der Waals surface area contributed by atoms with Crippen LogP contribution >= 0.6 is 0 Å². The van der Waals surface area contributed by atoms with Gasteiger partial charge in [-0.3, -0.25) is 4.79 Å². The Morgan fingerprint density at radius 1 is 1.18 bits per heavy atom. The number of carbonyl (C=O) groups is 1. The van der Waals surface area contributed by atoms with E-state index in [2.05, 4.69) is 9.97 Å². The summed E-state index contributed by atoms with van der Waals surface area (Å²) in [6, 6.07) is 11.4. The van der Waals surface area contributed by atoms with Gasteiger partial charge in [0, 0.05) is 24.5 Å². The zero-order valence-corrected chi connectivity index (χ0v) is 12.8. The minimum atomic E-state index is -0.887. The van der Waals surface area contributed by atoms with Crippen molar-refractivity contribution in [3.05, 3.63) is 53.3 Å². The molecule has 1 atom stereocenters. The molecule has 3 rings (SSSR count). The summed E-state index contributed by atoms with van der Waals surface area (Å²) >= 11 is 0. The smallest absolute Gasteiger partial charge is 0.316 e. The van der Waals surface area contributed by atoms with Gasteiger partial charge in [0.15, 0.2) is 0 Å². The van der Waals surface area contributed by atoms with Crippen molar-refractivity contribution in [1.82, 2.24) is 9.97 Å². The van der Waals surface area contributed by atoms with Gasteiger partial charge in [-0.1, -0.05) is 30.3 Å². The number of carboxylic acid groups (broad SMARTS) is 1. The fourth-order valence-electron chi connectivity index (χ4n) is 3.12. The molecule has 1 unspecified atom stereocenters. The molecule has 5 nitrogen and oxygen atoms in total. The Hall–Kier alpha value is -2.43. The van der Waals surface area contributed by atoms with E-state index in [1.54, 1.807) is 0 Å². The lowest BCUT2D eigenvalue weighted by Crippen LogP contribution is -2.39. The lowest BCUT2D eigenvalue weighted by molar-refractivity contribution is -0.143. The van der Waals surface area contributed by atoms with Gasteiger partial charge in [-0.15, -0.1) is 0 Å². The van der Waals surface area contributed by atoms with Crippen molar-refractivity contribution < 1.29 is 9.90 Å². The van der Waals surface area contributed by atoms with Crippen LogP contribution in [0.3, 0.4) is 0 Å². The SMILES string of the molecule is Cc1cc(C)nc(N2CCC(C(=O)O)(c3ccccc3)C2)n1. The molecule has 0 amide bonds. The van der Waals surface area contributed by atoms with Crippen LogP contribution in [0.4, 0.5) is 5.95 Å². The molecule has 22 heavy (non-hydrogen) atoms. The van der Waals surface area contributed by atoms with Gasteiger partial charge in [-0.05, 0) is 31.9 Å². The quantitative estimate of drug-likeness (QED) is 0.942. The molecule has 0 spiro atoms. The Labute approximate surface area is 129 Å². The Kier molecular flexibility index (Phi) is 3.56. The topological polar surface area (TPSA) is 66.3 Å². The Balaban J connectivity index is 1.96. The second-order valence-electron chi connectivity index (χ2n) is 5.88. The van der Waals surface area contributed by atoms with Crippen LogP contribution in [-0.4, -0.2) is 34.1 Å². The highest BCUT2D eigenvalue weighted by Gasteiger charge is 2.47. The lowest BCUT2D eigenvalue weighted by atomic mass is 9.80. The normalized spacial score (nSPS) is 21.1. The maximum absolute atomic E-state index is 12.0. The summed E-state index contributed by atoms with van der Waals surface area (Å²) in [5.41, 5.74) is 1.75. The summed E-state index contributed by atoms with van der Waals surface area (Å²) in [5, 5.41) is 9.82. The second kappa shape index (κ2) is 5.40. The van der Waals surface area contributed by atoms with Crippen molar-refractivity contribution in [2.24, 2.45) is 0 Å². The number of benzene rings is 1. The minimum absolute atomic E-state index is 0.398. The number of nitrogens with zero attached hydrogens (tertiary/aromatic N) is 3. The summed E-state index contributed by atoms with van der Waals surface area (Å²) in [6.07, 6.45) is 0.558. The van der Waals surface area contributed by atoms with Crippen LogP contribution in [0.1, 0.15) is 23.4 Å². The first kappa shape index (κ1) is 14.5. The number of aliphatic carboxylic acids is 1. The molecule has 114 valence electrons. The predicted molar refractivity (Wildman–Crippen MR) is 84.1 cm³/mol. The standard InChI is InChI=1S/C17H19N3O2/c1-12-10-13(2)19-16(18-12)20-9-8-17(11-20,15(21)22)14-6-4-3-5-7-14/h3-7,10H,8-9,11H2,1-2H3,(H,21,22). The fraction of sp³-hybridized carbons (Fsp3) is 0.353. The average Bonchev–Trinajstić information content (AvgIpc) is 2.94. The van der Waals surface area contributed by atoms with E-state index in [4.69, 9.17) is 0 Å². The number of carboxylic acids is 1. The van der Waals surface area contributed by atoms with E-state index in [0.29, 0.717) is 25.5 Å². The number of aryl methyl sites for hydroxylation is 2. The maximum atomic E-state index is 12.0. The monoisotopic (exact) mass is 297 g/mol. The molecule has 5 heteroatoms. The molecule has 0 aliphatic carbocycles. The highest BCUT2D eigenvalue weighted by Crippen LogP contribution is 2.36. The van der Waals surface area contributed by atoms with Gasteiger partial charge < -0.3 is 10.0 Å². The van der Waals surface area contributed by atoms with Gasteiger partial charge in [0.25, 0.3) is 0 Å². The van der Waals surface area contributed by atoms with Crippen LogP contribution in [0.5, 0.6) is 0 Å². The minimum Gasteiger partial charge on any atom is -0.481 e. The zero-order chi connectivity index (χ0) is 15.7. The van der Waals surface area contributed by atoms with Gasteiger partial charge >= 0.3 is 5.97 Å². The van der Waals surface area contributed by atoms with Crippen LogP contribution in [0.15, 0.2) is 36.4 Å². The Morgan fingerprint density at radius 3 is 2.41 bits per heavy atom. The molecule has 1 fully saturated rings. The molecule has 1 N–H and O–H groups in total. The van der Waals surface area contributed by atoms with Crippen LogP contribution in [0.2, 0.25) is 0 Å². The fourth-order valence-corrected chi connectivity index (χ4v) is 3.12. The van der Waals surface area contributed by atoms with Crippen molar-refractivity contribution in [1.29, 1.82) is 0 Å². The third kappa shape index (κ3) is 2.43. The maximum Gasteiger partial charge on any atom is 0.316 e. The van der Waals surface area contributed by atoms with Crippen LogP contribution in [-0.2, 0) is 10.2 Å². The average molecular weight is 297 g/mol. The molecule has 1 aromatic carbocycles.